The molecule has 0 fully saturated rings. The zero-order chi connectivity index (χ0) is 10.5. The van der Waals surface area contributed by atoms with Crippen molar-refractivity contribution in [3.05, 3.63) is 48.7 Å². The van der Waals surface area contributed by atoms with E-state index in [4.69, 9.17) is 0 Å². The van der Waals surface area contributed by atoms with Crippen molar-refractivity contribution >= 4 is 5.82 Å². The van der Waals surface area contributed by atoms with E-state index in [1.54, 1.807) is 6.20 Å². The quantitative estimate of drug-likeness (QED) is 0.753. The van der Waals surface area contributed by atoms with Gasteiger partial charge in [0.05, 0.1) is 0 Å². The molecule has 4 nitrogen and oxygen atoms in total. The molecule has 2 aromatic heterocycles. The Hall–Kier alpha value is -1.97. The van der Waals surface area contributed by atoms with E-state index in [9.17, 15) is 0 Å². The molecule has 0 saturated carbocycles. The molecular weight excluding hydrogens is 188 g/mol. The summed E-state index contributed by atoms with van der Waals surface area (Å²) in [6.07, 6.45) is 6.94. The van der Waals surface area contributed by atoms with E-state index >= 15 is 0 Å². The molecule has 0 spiro atoms. The van der Waals surface area contributed by atoms with Crippen molar-refractivity contribution in [1.82, 2.24) is 15.0 Å². The molecule has 76 valence electrons. The Bertz CT molecular complexity index is 401. The molecule has 0 radical (unpaired) electrons. The van der Waals surface area contributed by atoms with Crippen LogP contribution in [0.4, 0.5) is 5.82 Å². The molecular formula is C11H12N4. The van der Waals surface area contributed by atoms with Gasteiger partial charge in [-0.2, -0.15) is 0 Å². The van der Waals surface area contributed by atoms with Gasteiger partial charge in [0.15, 0.2) is 0 Å². The Balaban J connectivity index is 2.08. The van der Waals surface area contributed by atoms with Gasteiger partial charge in [-0.15, -0.1) is 0 Å². The molecule has 0 atom stereocenters. The first-order valence-electron chi connectivity index (χ1n) is 4.72. The molecule has 15 heavy (non-hydrogen) atoms. The number of anilines is 1. The Morgan fingerprint density at radius 1 is 1.20 bits per heavy atom. The van der Waals surface area contributed by atoms with E-state index in [0.717, 1.165) is 17.9 Å². The van der Waals surface area contributed by atoms with Crippen molar-refractivity contribution in [2.45, 2.75) is 6.54 Å². The lowest BCUT2D eigenvalue weighted by atomic mass is 10.3. The lowest BCUT2D eigenvalue weighted by Crippen LogP contribution is -2.17. The van der Waals surface area contributed by atoms with Crippen molar-refractivity contribution in [2.24, 2.45) is 0 Å². The van der Waals surface area contributed by atoms with Gasteiger partial charge in [-0.3, -0.25) is 0 Å². The summed E-state index contributed by atoms with van der Waals surface area (Å²) in [6.45, 7) is 0.762. The first-order chi connectivity index (χ1) is 7.36. The van der Waals surface area contributed by atoms with Gasteiger partial charge in [0, 0.05) is 37.7 Å². The van der Waals surface area contributed by atoms with Crippen molar-refractivity contribution in [2.75, 3.05) is 11.9 Å². The second-order valence-electron chi connectivity index (χ2n) is 3.29. The summed E-state index contributed by atoms with van der Waals surface area (Å²) < 4.78 is 0. The normalized spacial score (nSPS) is 9.93. The number of hydrogen-bond acceptors (Lipinski definition) is 4. The topological polar surface area (TPSA) is 41.9 Å². The molecule has 2 aromatic rings. The third-order valence-electron chi connectivity index (χ3n) is 2.07. The van der Waals surface area contributed by atoms with Crippen molar-refractivity contribution in [1.29, 1.82) is 0 Å². The summed E-state index contributed by atoms with van der Waals surface area (Å²) in [7, 11) is 2.00. The number of nitrogens with zero attached hydrogens (tertiary/aromatic N) is 4. The number of aromatic nitrogens is 3. The third kappa shape index (κ3) is 2.49. The fourth-order valence-corrected chi connectivity index (χ4v) is 1.35. The molecule has 2 rings (SSSR count). The molecule has 0 bridgehead atoms. The minimum Gasteiger partial charge on any atom is -0.355 e. The minimum atomic E-state index is 0.762. The Labute approximate surface area is 88.6 Å². The maximum atomic E-state index is 4.26. The van der Waals surface area contributed by atoms with E-state index < -0.39 is 0 Å². The lowest BCUT2D eigenvalue weighted by Gasteiger charge is -2.17. The maximum Gasteiger partial charge on any atom is 0.128 e. The predicted octanol–water partition coefficient (Wildman–Crippen LogP) is 1.51. The highest BCUT2D eigenvalue weighted by atomic mass is 15.2. The minimum absolute atomic E-state index is 0.762. The largest absolute Gasteiger partial charge is 0.355 e. The monoisotopic (exact) mass is 200 g/mol. The van der Waals surface area contributed by atoms with Crippen LogP contribution in [0.1, 0.15) is 5.56 Å². The second kappa shape index (κ2) is 4.50. The summed E-state index contributed by atoms with van der Waals surface area (Å²) in [5.41, 5.74) is 1.07. The van der Waals surface area contributed by atoms with Crippen LogP contribution in [0.2, 0.25) is 0 Å². The number of hydrogen-bond donors (Lipinski definition) is 0. The van der Waals surface area contributed by atoms with E-state index in [1.807, 2.05) is 37.6 Å². The van der Waals surface area contributed by atoms with Gasteiger partial charge in [-0.25, -0.2) is 15.0 Å². The van der Waals surface area contributed by atoms with Crippen LogP contribution in [-0.4, -0.2) is 22.0 Å². The van der Waals surface area contributed by atoms with E-state index in [1.165, 1.54) is 6.33 Å². The summed E-state index contributed by atoms with van der Waals surface area (Å²) >= 11 is 0. The van der Waals surface area contributed by atoms with Crippen molar-refractivity contribution in [3.8, 4) is 0 Å². The SMILES string of the molecule is CN(Cc1cncnc1)c1ccccn1. The van der Waals surface area contributed by atoms with Gasteiger partial charge < -0.3 is 4.90 Å². The Morgan fingerprint density at radius 2 is 2.00 bits per heavy atom. The first-order valence-corrected chi connectivity index (χ1v) is 4.72. The number of pyridine rings is 1. The molecule has 0 aliphatic heterocycles. The average Bonchev–Trinajstić information content (AvgIpc) is 2.31. The molecule has 0 unspecified atom stereocenters. The lowest BCUT2D eigenvalue weighted by molar-refractivity contribution is 0.881. The van der Waals surface area contributed by atoms with Crippen LogP contribution in [0.5, 0.6) is 0 Å². The van der Waals surface area contributed by atoms with Crippen LogP contribution in [0, 0.1) is 0 Å². The van der Waals surface area contributed by atoms with E-state index in [-0.39, 0.29) is 0 Å². The molecule has 2 heterocycles. The average molecular weight is 200 g/mol. The molecule has 4 heteroatoms. The van der Waals surface area contributed by atoms with Crippen LogP contribution in [0.3, 0.4) is 0 Å². The first kappa shape index (κ1) is 9.58. The molecule has 0 aromatic carbocycles. The van der Waals surface area contributed by atoms with Crippen LogP contribution in [0.15, 0.2) is 43.1 Å². The van der Waals surface area contributed by atoms with Crippen LogP contribution < -0.4 is 4.90 Å². The Kier molecular flexibility index (Phi) is 2.88. The van der Waals surface area contributed by atoms with Gasteiger partial charge in [0.1, 0.15) is 12.1 Å². The molecule has 0 N–H and O–H groups in total. The molecule has 0 amide bonds. The molecule has 0 aliphatic carbocycles. The van der Waals surface area contributed by atoms with Gasteiger partial charge in [0.25, 0.3) is 0 Å². The molecule has 0 aliphatic rings. The van der Waals surface area contributed by atoms with Gasteiger partial charge in [0.2, 0.25) is 0 Å². The van der Waals surface area contributed by atoms with Gasteiger partial charge in [-0.05, 0) is 12.1 Å². The zero-order valence-electron chi connectivity index (χ0n) is 8.54. The van der Waals surface area contributed by atoms with Gasteiger partial charge in [-0.1, -0.05) is 6.07 Å². The predicted molar refractivity (Wildman–Crippen MR) is 58.4 cm³/mol. The van der Waals surface area contributed by atoms with Crippen LogP contribution >= 0.6 is 0 Å². The maximum absolute atomic E-state index is 4.26. The second-order valence-corrected chi connectivity index (χ2v) is 3.29. The van der Waals surface area contributed by atoms with E-state index in [2.05, 4.69) is 19.9 Å². The fraction of sp³-hybridized carbons (Fsp3) is 0.182. The summed E-state index contributed by atoms with van der Waals surface area (Å²) in [4.78, 5) is 14.3. The van der Waals surface area contributed by atoms with Gasteiger partial charge >= 0.3 is 0 Å². The van der Waals surface area contributed by atoms with Crippen LogP contribution in [-0.2, 0) is 6.54 Å². The third-order valence-corrected chi connectivity index (χ3v) is 2.07. The highest BCUT2D eigenvalue weighted by Gasteiger charge is 2.02. The highest BCUT2D eigenvalue weighted by molar-refractivity contribution is 5.37. The van der Waals surface area contributed by atoms with Crippen molar-refractivity contribution < 1.29 is 0 Å². The smallest absolute Gasteiger partial charge is 0.128 e. The van der Waals surface area contributed by atoms with Crippen LogP contribution in [0.25, 0.3) is 0 Å². The molecule has 0 saturated heterocycles. The van der Waals surface area contributed by atoms with E-state index in [0.29, 0.717) is 0 Å². The summed E-state index contributed by atoms with van der Waals surface area (Å²) in [6, 6.07) is 5.85. The van der Waals surface area contributed by atoms with Crippen molar-refractivity contribution in [3.63, 3.8) is 0 Å². The highest BCUT2D eigenvalue weighted by Crippen LogP contribution is 2.09. The number of rotatable bonds is 3. The summed E-state index contributed by atoms with van der Waals surface area (Å²) in [5, 5.41) is 0. The summed E-state index contributed by atoms with van der Waals surface area (Å²) in [5.74, 6) is 0.946. The fourth-order valence-electron chi connectivity index (χ4n) is 1.35. The standard InChI is InChI=1S/C11H12N4/c1-15(11-4-2-3-5-14-11)8-10-6-12-9-13-7-10/h2-7,9H,8H2,1H3. The zero-order valence-corrected chi connectivity index (χ0v) is 8.54. The Morgan fingerprint density at radius 3 is 2.67 bits per heavy atom.